The van der Waals surface area contributed by atoms with Crippen molar-refractivity contribution in [2.24, 2.45) is 0 Å². The fourth-order valence-corrected chi connectivity index (χ4v) is 1.47. The predicted octanol–water partition coefficient (Wildman–Crippen LogP) is 1.16. The molecule has 1 aliphatic rings. The molecule has 0 radical (unpaired) electrons. The van der Waals surface area contributed by atoms with E-state index >= 15 is 0 Å². The minimum Gasteiger partial charge on any atom is -0.447 e. The first-order chi connectivity index (χ1) is 8.08. The molecule has 0 aromatic heterocycles. The molecule has 5 heteroatoms. The number of ether oxygens (including phenoxy) is 3. The van der Waals surface area contributed by atoms with Gasteiger partial charge in [-0.2, -0.15) is 0 Å². The minimum absolute atomic E-state index is 0.467. The van der Waals surface area contributed by atoms with Gasteiger partial charge in [-0.3, -0.25) is 14.5 Å². The van der Waals surface area contributed by atoms with E-state index in [9.17, 15) is 0 Å². The number of para-hydroxylation sites is 2. The van der Waals surface area contributed by atoms with Gasteiger partial charge in [0.1, 0.15) is 0 Å². The molecular formula is C12H18N2O3. The fraction of sp³-hybridized carbons (Fsp3) is 0.500. The van der Waals surface area contributed by atoms with Gasteiger partial charge in [-0.05, 0) is 40.3 Å². The van der Waals surface area contributed by atoms with E-state index in [0.29, 0.717) is 11.5 Å². The van der Waals surface area contributed by atoms with Gasteiger partial charge in [0.2, 0.25) is 0 Å². The van der Waals surface area contributed by atoms with Crippen LogP contribution >= 0.6 is 0 Å². The second-order valence-corrected chi connectivity index (χ2v) is 4.36. The summed E-state index contributed by atoms with van der Waals surface area (Å²) in [5.41, 5.74) is 0. The van der Waals surface area contributed by atoms with Gasteiger partial charge >= 0.3 is 0 Å². The number of rotatable bonds is 2. The first kappa shape index (κ1) is 12.2. The van der Waals surface area contributed by atoms with Crippen LogP contribution in [0.3, 0.4) is 0 Å². The van der Waals surface area contributed by atoms with E-state index in [1.54, 1.807) is 0 Å². The summed E-state index contributed by atoms with van der Waals surface area (Å²) >= 11 is 0. The van der Waals surface area contributed by atoms with Crippen LogP contribution in [0.15, 0.2) is 24.3 Å². The van der Waals surface area contributed by atoms with Gasteiger partial charge in [0, 0.05) is 0 Å². The molecule has 0 spiro atoms. The summed E-state index contributed by atoms with van der Waals surface area (Å²) in [6, 6.07) is 7.55. The Morgan fingerprint density at radius 2 is 1.24 bits per heavy atom. The van der Waals surface area contributed by atoms with Crippen molar-refractivity contribution in [3.63, 3.8) is 0 Å². The molecule has 1 aromatic carbocycles. The van der Waals surface area contributed by atoms with Gasteiger partial charge in [-0.1, -0.05) is 12.1 Å². The molecule has 0 fully saturated rings. The van der Waals surface area contributed by atoms with E-state index in [1.807, 2.05) is 62.3 Å². The zero-order valence-electron chi connectivity index (χ0n) is 10.6. The highest BCUT2D eigenvalue weighted by Crippen LogP contribution is 2.32. The molecule has 0 bridgehead atoms. The minimum atomic E-state index is -0.467. The molecule has 2 rings (SSSR count). The molecule has 2 atom stereocenters. The van der Waals surface area contributed by atoms with Crippen LogP contribution in [0, 0.1) is 0 Å². The van der Waals surface area contributed by atoms with Crippen molar-refractivity contribution in [1.82, 2.24) is 9.80 Å². The highest BCUT2D eigenvalue weighted by Gasteiger charge is 2.28. The summed E-state index contributed by atoms with van der Waals surface area (Å²) in [5.74, 6) is 1.38. The second kappa shape index (κ2) is 4.91. The summed E-state index contributed by atoms with van der Waals surface area (Å²) in [6.45, 7) is 0. The average Bonchev–Trinajstić information content (AvgIpc) is 2.47. The lowest BCUT2D eigenvalue weighted by Crippen LogP contribution is -2.44. The Kier molecular flexibility index (Phi) is 3.51. The molecule has 0 aliphatic carbocycles. The van der Waals surface area contributed by atoms with Crippen molar-refractivity contribution >= 4 is 0 Å². The zero-order chi connectivity index (χ0) is 12.4. The molecule has 5 nitrogen and oxygen atoms in total. The van der Waals surface area contributed by atoms with Crippen molar-refractivity contribution in [3.05, 3.63) is 24.3 Å². The molecule has 0 saturated heterocycles. The van der Waals surface area contributed by atoms with Crippen molar-refractivity contribution in [1.29, 1.82) is 0 Å². The van der Waals surface area contributed by atoms with Crippen LogP contribution in [0.5, 0.6) is 11.5 Å². The number of fused-ring (bicyclic) bond motifs is 1. The maximum Gasteiger partial charge on any atom is 0.265 e. The van der Waals surface area contributed by atoms with Gasteiger partial charge in [0.05, 0.1) is 0 Å². The lowest BCUT2D eigenvalue weighted by atomic mass is 10.3. The summed E-state index contributed by atoms with van der Waals surface area (Å²) in [7, 11) is 7.58. The van der Waals surface area contributed by atoms with Gasteiger partial charge in [-0.25, -0.2) is 0 Å². The van der Waals surface area contributed by atoms with Crippen LogP contribution in [-0.4, -0.2) is 50.8 Å². The normalized spacial score (nSPS) is 23.9. The van der Waals surface area contributed by atoms with E-state index in [2.05, 4.69) is 0 Å². The van der Waals surface area contributed by atoms with E-state index in [4.69, 9.17) is 14.2 Å². The monoisotopic (exact) mass is 238 g/mol. The van der Waals surface area contributed by atoms with Gasteiger partial charge in [0.15, 0.2) is 11.5 Å². The summed E-state index contributed by atoms with van der Waals surface area (Å²) < 4.78 is 17.2. The van der Waals surface area contributed by atoms with E-state index in [-0.39, 0.29) is 0 Å². The standard InChI is InChI=1S/C12H18N2O3/c1-13(2)11-15-9-7-5-6-8-10(9)16-12(17-11)14(3)4/h5-8,11-12H,1-4H3. The molecule has 1 aromatic rings. The lowest BCUT2D eigenvalue weighted by molar-refractivity contribution is -0.260. The van der Waals surface area contributed by atoms with Crippen molar-refractivity contribution in [2.75, 3.05) is 28.2 Å². The second-order valence-electron chi connectivity index (χ2n) is 4.36. The molecule has 1 aliphatic heterocycles. The smallest absolute Gasteiger partial charge is 0.265 e. The number of hydrogen-bond donors (Lipinski definition) is 0. The maximum absolute atomic E-state index is 5.75. The largest absolute Gasteiger partial charge is 0.447 e. The van der Waals surface area contributed by atoms with Gasteiger partial charge in [-0.15, -0.1) is 0 Å². The molecule has 0 N–H and O–H groups in total. The summed E-state index contributed by atoms with van der Waals surface area (Å²) in [5, 5.41) is 0. The van der Waals surface area contributed by atoms with Crippen molar-refractivity contribution in [3.8, 4) is 11.5 Å². The number of hydrogen-bond acceptors (Lipinski definition) is 5. The number of benzene rings is 1. The molecule has 2 unspecified atom stereocenters. The van der Waals surface area contributed by atoms with Gasteiger partial charge in [0.25, 0.3) is 12.8 Å². The Hall–Kier alpha value is -1.30. The van der Waals surface area contributed by atoms with Crippen molar-refractivity contribution < 1.29 is 14.2 Å². The summed E-state index contributed by atoms with van der Waals surface area (Å²) in [6.07, 6.45) is -0.933. The quantitative estimate of drug-likeness (QED) is 0.772. The van der Waals surface area contributed by atoms with Crippen LogP contribution in [0.1, 0.15) is 0 Å². The molecule has 94 valence electrons. The Balaban J connectivity index is 2.29. The highest BCUT2D eigenvalue weighted by molar-refractivity contribution is 5.39. The third-order valence-electron chi connectivity index (χ3n) is 2.38. The van der Waals surface area contributed by atoms with Crippen LogP contribution in [0.25, 0.3) is 0 Å². The summed E-state index contributed by atoms with van der Waals surface area (Å²) in [4.78, 5) is 3.70. The topological polar surface area (TPSA) is 34.2 Å². The predicted molar refractivity (Wildman–Crippen MR) is 63.7 cm³/mol. The lowest BCUT2D eigenvalue weighted by Gasteiger charge is -2.28. The Morgan fingerprint density at radius 3 is 1.59 bits per heavy atom. The maximum atomic E-state index is 5.75. The van der Waals surface area contributed by atoms with E-state index in [1.165, 1.54) is 0 Å². The number of nitrogens with zero attached hydrogens (tertiary/aromatic N) is 2. The average molecular weight is 238 g/mol. The molecule has 0 amide bonds. The zero-order valence-corrected chi connectivity index (χ0v) is 10.6. The Morgan fingerprint density at radius 1 is 0.824 bits per heavy atom. The molecular weight excluding hydrogens is 220 g/mol. The third-order valence-corrected chi connectivity index (χ3v) is 2.38. The highest BCUT2D eigenvalue weighted by atomic mass is 16.8. The molecule has 1 heterocycles. The first-order valence-corrected chi connectivity index (χ1v) is 5.48. The third kappa shape index (κ3) is 2.69. The van der Waals surface area contributed by atoms with Gasteiger partial charge < -0.3 is 9.47 Å². The van der Waals surface area contributed by atoms with E-state index < -0.39 is 12.8 Å². The van der Waals surface area contributed by atoms with Crippen LogP contribution in [-0.2, 0) is 4.74 Å². The van der Waals surface area contributed by atoms with Crippen LogP contribution in [0.2, 0.25) is 0 Å². The van der Waals surface area contributed by atoms with E-state index in [0.717, 1.165) is 0 Å². The van der Waals surface area contributed by atoms with Crippen LogP contribution < -0.4 is 9.47 Å². The first-order valence-electron chi connectivity index (χ1n) is 5.48. The van der Waals surface area contributed by atoms with Crippen LogP contribution in [0.4, 0.5) is 0 Å². The molecule has 17 heavy (non-hydrogen) atoms. The SMILES string of the molecule is CN(C)C1Oc2ccccc2OC(N(C)C)O1. The Labute approximate surface area is 101 Å². The Bertz CT molecular complexity index is 347. The molecule has 0 saturated carbocycles. The fourth-order valence-electron chi connectivity index (χ4n) is 1.47. The van der Waals surface area contributed by atoms with Crippen molar-refractivity contribution in [2.45, 2.75) is 12.8 Å².